The first-order chi connectivity index (χ1) is 8.70. The Bertz CT molecular complexity index is 461. The molecule has 1 atom stereocenters. The molecule has 2 rings (SSSR count). The van der Waals surface area contributed by atoms with E-state index < -0.39 is 0 Å². The van der Waals surface area contributed by atoms with Gasteiger partial charge in [0.05, 0.1) is 6.04 Å². The first-order valence-electron chi connectivity index (χ1n) is 6.11. The molecule has 1 unspecified atom stereocenters. The van der Waals surface area contributed by atoms with Gasteiger partial charge in [0.15, 0.2) is 0 Å². The van der Waals surface area contributed by atoms with Crippen LogP contribution in [0, 0.1) is 0 Å². The summed E-state index contributed by atoms with van der Waals surface area (Å²) in [7, 11) is 0. The molecular weight excluding hydrogens is 226 g/mol. The zero-order chi connectivity index (χ0) is 13.0. The molecule has 0 bridgehead atoms. The number of H-pyrrole nitrogens is 1. The summed E-state index contributed by atoms with van der Waals surface area (Å²) in [5.41, 5.74) is 5.32. The molecule has 1 aromatic heterocycles. The Morgan fingerprint density at radius 2 is 2.00 bits per heavy atom. The topological polar surface area (TPSA) is 79.6 Å². The van der Waals surface area contributed by atoms with Crippen molar-refractivity contribution in [1.82, 2.24) is 20.6 Å². The van der Waals surface area contributed by atoms with E-state index in [4.69, 9.17) is 5.84 Å². The van der Waals surface area contributed by atoms with Gasteiger partial charge in [0, 0.05) is 0 Å². The lowest BCUT2D eigenvalue weighted by atomic mass is 9.99. The van der Waals surface area contributed by atoms with Crippen molar-refractivity contribution in [2.75, 3.05) is 0 Å². The number of aromatic nitrogens is 3. The quantitative estimate of drug-likeness (QED) is 0.553. The molecule has 4 N–H and O–H groups in total. The Morgan fingerprint density at radius 1 is 1.28 bits per heavy atom. The van der Waals surface area contributed by atoms with Gasteiger partial charge in [0.2, 0.25) is 0 Å². The SMILES string of the molecule is CC(C)c1ccc(CC(NN)c2ncn[nH]2)cc1. The molecule has 1 aromatic carbocycles. The third-order valence-electron chi connectivity index (χ3n) is 3.05. The van der Waals surface area contributed by atoms with Crippen molar-refractivity contribution >= 4 is 0 Å². The normalized spacial score (nSPS) is 12.9. The number of aromatic amines is 1. The van der Waals surface area contributed by atoms with Gasteiger partial charge in [-0.05, 0) is 23.5 Å². The third-order valence-corrected chi connectivity index (χ3v) is 3.05. The van der Waals surface area contributed by atoms with E-state index >= 15 is 0 Å². The molecule has 0 amide bonds. The van der Waals surface area contributed by atoms with Gasteiger partial charge < -0.3 is 0 Å². The van der Waals surface area contributed by atoms with Crippen LogP contribution in [0.2, 0.25) is 0 Å². The van der Waals surface area contributed by atoms with Gasteiger partial charge in [0.1, 0.15) is 12.2 Å². The van der Waals surface area contributed by atoms with Crippen LogP contribution in [0.4, 0.5) is 0 Å². The highest BCUT2D eigenvalue weighted by molar-refractivity contribution is 5.25. The number of nitrogens with zero attached hydrogens (tertiary/aromatic N) is 2. The van der Waals surface area contributed by atoms with E-state index in [0.29, 0.717) is 5.92 Å². The second-order valence-electron chi connectivity index (χ2n) is 4.69. The van der Waals surface area contributed by atoms with Crippen LogP contribution in [0.3, 0.4) is 0 Å². The predicted octanol–water partition coefficient (Wildman–Crippen LogP) is 1.68. The minimum Gasteiger partial charge on any atom is -0.271 e. The maximum atomic E-state index is 5.55. The maximum Gasteiger partial charge on any atom is 0.143 e. The number of nitrogens with one attached hydrogen (secondary N) is 2. The third kappa shape index (κ3) is 2.94. The van der Waals surface area contributed by atoms with Crippen LogP contribution >= 0.6 is 0 Å². The summed E-state index contributed by atoms with van der Waals surface area (Å²) < 4.78 is 0. The van der Waals surface area contributed by atoms with Crippen molar-refractivity contribution in [2.24, 2.45) is 5.84 Å². The highest BCUT2D eigenvalue weighted by atomic mass is 15.3. The van der Waals surface area contributed by atoms with Gasteiger partial charge in [-0.1, -0.05) is 38.1 Å². The Kier molecular flexibility index (Phi) is 4.07. The lowest BCUT2D eigenvalue weighted by Gasteiger charge is -2.13. The van der Waals surface area contributed by atoms with Crippen molar-refractivity contribution in [3.8, 4) is 0 Å². The van der Waals surface area contributed by atoms with Crippen LogP contribution in [0.15, 0.2) is 30.6 Å². The number of hydrogen-bond donors (Lipinski definition) is 3. The van der Waals surface area contributed by atoms with E-state index in [-0.39, 0.29) is 6.04 Å². The summed E-state index contributed by atoms with van der Waals surface area (Å²) in [6, 6.07) is 8.55. The van der Waals surface area contributed by atoms with Gasteiger partial charge in [0.25, 0.3) is 0 Å². The average Bonchev–Trinajstić information content (AvgIpc) is 2.90. The van der Waals surface area contributed by atoms with Gasteiger partial charge in [-0.25, -0.2) is 10.4 Å². The highest BCUT2D eigenvalue weighted by Gasteiger charge is 2.13. The fourth-order valence-electron chi connectivity index (χ4n) is 1.89. The van der Waals surface area contributed by atoms with Gasteiger partial charge in [-0.15, -0.1) is 0 Å². The molecule has 0 radical (unpaired) electrons. The number of hydrazine groups is 1. The first-order valence-corrected chi connectivity index (χ1v) is 6.11. The summed E-state index contributed by atoms with van der Waals surface area (Å²) >= 11 is 0. The Hall–Kier alpha value is -1.72. The number of nitrogens with two attached hydrogens (primary N) is 1. The molecule has 1 heterocycles. The van der Waals surface area contributed by atoms with Crippen molar-refractivity contribution in [1.29, 1.82) is 0 Å². The van der Waals surface area contributed by atoms with Crippen molar-refractivity contribution in [3.63, 3.8) is 0 Å². The molecule has 18 heavy (non-hydrogen) atoms. The second-order valence-corrected chi connectivity index (χ2v) is 4.69. The average molecular weight is 245 g/mol. The molecule has 0 fully saturated rings. The van der Waals surface area contributed by atoms with Crippen LogP contribution in [-0.2, 0) is 6.42 Å². The van der Waals surface area contributed by atoms with Crippen LogP contribution < -0.4 is 11.3 Å². The fourth-order valence-corrected chi connectivity index (χ4v) is 1.89. The lowest BCUT2D eigenvalue weighted by molar-refractivity contribution is 0.524. The summed E-state index contributed by atoms with van der Waals surface area (Å²) in [5.74, 6) is 6.86. The van der Waals surface area contributed by atoms with Crippen LogP contribution in [-0.4, -0.2) is 15.2 Å². The molecule has 0 aliphatic carbocycles. The molecule has 0 aliphatic heterocycles. The van der Waals surface area contributed by atoms with Crippen molar-refractivity contribution in [2.45, 2.75) is 32.2 Å². The first kappa shape index (κ1) is 12.7. The molecule has 0 spiro atoms. The van der Waals surface area contributed by atoms with Crippen LogP contribution in [0.5, 0.6) is 0 Å². The van der Waals surface area contributed by atoms with Crippen LogP contribution in [0.1, 0.15) is 42.8 Å². The maximum absolute atomic E-state index is 5.55. The van der Waals surface area contributed by atoms with E-state index in [1.165, 1.54) is 17.5 Å². The van der Waals surface area contributed by atoms with E-state index in [0.717, 1.165) is 12.2 Å². The molecule has 5 heteroatoms. The minimum atomic E-state index is -0.0441. The standard InChI is InChI=1S/C13H19N5/c1-9(2)11-5-3-10(4-6-11)7-12(17-14)13-15-8-16-18-13/h3-6,8-9,12,17H,7,14H2,1-2H3,(H,15,16,18). The second kappa shape index (κ2) is 5.75. The lowest BCUT2D eigenvalue weighted by Crippen LogP contribution is -2.30. The van der Waals surface area contributed by atoms with Gasteiger partial charge >= 0.3 is 0 Å². The Labute approximate surface area is 107 Å². The molecule has 2 aromatic rings. The molecule has 96 valence electrons. The Balaban J connectivity index is 2.08. The van der Waals surface area contributed by atoms with E-state index in [9.17, 15) is 0 Å². The van der Waals surface area contributed by atoms with Gasteiger partial charge in [-0.3, -0.25) is 10.9 Å². The predicted molar refractivity (Wildman–Crippen MR) is 70.7 cm³/mol. The monoisotopic (exact) mass is 245 g/mol. The number of benzene rings is 1. The van der Waals surface area contributed by atoms with Crippen LogP contribution in [0.25, 0.3) is 0 Å². The minimum absolute atomic E-state index is 0.0441. The molecule has 5 nitrogen and oxygen atoms in total. The smallest absolute Gasteiger partial charge is 0.143 e. The van der Waals surface area contributed by atoms with E-state index in [1.807, 2.05) is 0 Å². The molecule has 0 saturated carbocycles. The molecule has 0 saturated heterocycles. The zero-order valence-corrected chi connectivity index (χ0v) is 10.7. The highest BCUT2D eigenvalue weighted by Crippen LogP contribution is 2.18. The number of hydrogen-bond acceptors (Lipinski definition) is 4. The van der Waals surface area contributed by atoms with Crippen molar-refractivity contribution < 1.29 is 0 Å². The van der Waals surface area contributed by atoms with Gasteiger partial charge in [-0.2, -0.15) is 5.10 Å². The summed E-state index contributed by atoms with van der Waals surface area (Å²) in [4.78, 5) is 4.12. The summed E-state index contributed by atoms with van der Waals surface area (Å²) in [5, 5.41) is 6.67. The fraction of sp³-hybridized carbons (Fsp3) is 0.385. The summed E-state index contributed by atoms with van der Waals surface area (Å²) in [6.45, 7) is 4.38. The van der Waals surface area contributed by atoms with E-state index in [2.05, 4.69) is 58.7 Å². The Morgan fingerprint density at radius 3 is 2.50 bits per heavy atom. The largest absolute Gasteiger partial charge is 0.271 e. The zero-order valence-electron chi connectivity index (χ0n) is 10.7. The molecule has 0 aliphatic rings. The molecular formula is C13H19N5. The summed E-state index contributed by atoms with van der Waals surface area (Å²) in [6.07, 6.45) is 2.27. The number of rotatable bonds is 5. The van der Waals surface area contributed by atoms with Crippen molar-refractivity contribution in [3.05, 3.63) is 47.5 Å². The van der Waals surface area contributed by atoms with E-state index in [1.54, 1.807) is 0 Å².